The Morgan fingerprint density at radius 3 is 2.30 bits per heavy atom. The van der Waals surface area contributed by atoms with Crippen molar-refractivity contribution in [3.63, 3.8) is 0 Å². The molecule has 4 aromatic rings. The van der Waals surface area contributed by atoms with Gasteiger partial charge in [-0.3, -0.25) is 4.79 Å². The van der Waals surface area contributed by atoms with Crippen molar-refractivity contribution < 1.29 is 23.4 Å². The Hall–Kier alpha value is -3.47. The number of methoxy groups -OCH3 is 2. The molecule has 0 amide bonds. The first kappa shape index (κ1) is 17.0. The number of hydrogen-bond donors (Lipinski definition) is 0. The van der Waals surface area contributed by atoms with E-state index in [0.717, 1.165) is 27.5 Å². The highest BCUT2D eigenvalue weighted by Gasteiger charge is 2.13. The molecule has 136 valence electrons. The van der Waals surface area contributed by atoms with Crippen LogP contribution in [0.25, 0.3) is 21.7 Å². The van der Waals surface area contributed by atoms with Gasteiger partial charge in [-0.1, -0.05) is 12.1 Å². The smallest absolute Gasteiger partial charge is 0.315 e. The molecular formula is C22H18O5. The zero-order chi connectivity index (χ0) is 18.8. The van der Waals surface area contributed by atoms with Crippen LogP contribution in [0.3, 0.4) is 0 Å². The fourth-order valence-corrected chi connectivity index (χ4v) is 3.04. The molecule has 5 heteroatoms. The lowest BCUT2D eigenvalue weighted by atomic mass is 10.1. The molecule has 0 radical (unpaired) electrons. The Kier molecular flexibility index (Phi) is 4.42. The zero-order valence-electron chi connectivity index (χ0n) is 15.0. The van der Waals surface area contributed by atoms with Crippen LogP contribution in [0.1, 0.15) is 5.56 Å². The fourth-order valence-electron chi connectivity index (χ4n) is 3.04. The number of carbonyl (C=O) groups excluding carboxylic acids is 1. The average molecular weight is 362 g/mol. The summed E-state index contributed by atoms with van der Waals surface area (Å²) in [6, 6.07) is 16.8. The van der Waals surface area contributed by atoms with E-state index < -0.39 is 0 Å². The summed E-state index contributed by atoms with van der Waals surface area (Å²) in [5, 5.41) is 2.86. The summed E-state index contributed by atoms with van der Waals surface area (Å²) in [5.41, 5.74) is 1.45. The second kappa shape index (κ2) is 7.03. The molecule has 0 fully saturated rings. The Balaban J connectivity index is 1.53. The van der Waals surface area contributed by atoms with Crippen LogP contribution in [-0.4, -0.2) is 20.2 Å². The van der Waals surface area contributed by atoms with Crippen LogP contribution in [-0.2, 0) is 11.2 Å². The van der Waals surface area contributed by atoms with Gasteiger partial charge in [0, 0.05) is 17.0 Å². The fraction of sp³-hybridized carbons (Fsp3) is 0.136. The summed E-state index contributed by atoms with van der Waals surface area (Å²) in [6.07, 6.45) is 1.70. The van der Waals surface area contributed by atoms with E-state index in [-0.39, 0.29) is 12.4 Å². The molecule has 0 atom stereocenters. The van der Waals surface area contributed by atoms with Gasteiger partial charge in [-0.15, -0.1) is 0 Å². The van der Waals surface area contributed by atoms with Gasteiger partial charge in [0.05, 0.1) is 26.9 Å². The summed E-state index contributed by atoms with van der Waals surface area (Å²) < 4.78 is 21.5. The molecule has 1 heterocycles. The molecule has 1 aromatic heterocycles. The van der Waals surface area contributed by atoms with E-state index >= 15 is 0 Å². The van der Waals surface area contributed by atoms with E-state index in [2.05, 4.69) is 0 Å². The molecule has 0 spiro atoms. The van der Waals surface area contributed by atoms with Crippen molar-refractivity contribution in [3.8, 4) is 17.2 Å². The topological polar surface area (TPSA) is 57.9 Å². The van der Waals surface area contributed by atoms with Gasteiger partial charge in [0.15, 0.2) is 0 Å². The van der Waals surface area contributed by atoms with Crippen molar-refractivity contribution >= 4 is 27.7 Å². The maximum Gasteiger partial charge on any atom is 0.315 e. The number of carbonyl (C=O) groups is 1. The van der Waals surface area contributed by atoms with Crippen LogP contribution < -0.4 is 14.2 Å². The van der Waals surface area contributed by atoms with Crippen molar-refractivity contribution in [2.24, 2.45) is 0 Å². The molecule has 3 aromatic carbocycles. The second-order valence-electron chi connectivity index (χ2n) is 6.15. The Bertz CT molecular complexity index is 1130. The Morgan fingerprint density at radius 1 is 0.852 bits per heavy atom. The predicted octanol–water partition coefficient (Wildman–Crippen LogP) is 4.75. The van der Waals surface area contributed by atoms with Crippen molar-refractivity contribution in [2.45, 2.75) is 6.42 Å². The van der Waals surface area contributed by atoms with Crippen LogP contribution in [0.5, 0.6) is 17.2 Å². The minimum absolute atomic E-state index is 0.121. The highest BCUT2D eigenvalue weighted by atomic mass is 16.5. The van der Waals surface area contributed by atoms with E-state index in [9.17, 15) is 4.79 Å². The summed E-state index contributed by atoms with van der Waals surface area (Å²) in [4.78, 5) is 12.4. The summed E-state index contributed by atoms with van der Waals surface area (Å²) in [7, 11) is 3.22. The lowest BCUT2D eigenvalue weighted by Gasteiger charge is -2.07. The molecule has 0 N–H and O–H groups in total. The third-order valence-electron chi connectivity index (χ3n) is 4.45. The second-order valence-corrected chi connectivity index (χ2v) is 6.15. The van der Waals surface area contributed by atoms with Crippen molar-refractivity contribution in [2.75, 3.05) is 14.2 Å². The molecular weight excluding hydrogens is 344 g/mol. The highest BCUT2D eigenvalue weighted by Crippen LogP contribution is 2.27. The van der Waals surface area contributed by atoms with Gasteiger partial charge in [-0.25, -0.2) is 0 Å². The molecule has 27 heavy (non-hydrogen) atoms. The van der Waals surface area contributed by atoms with E-state index in [0.29, 0.717) is 17.1 Å². The molecule has 0 aliphatic carbocycles. The third kappa shape index (κ3) is 3.44. The molecule has 0 aliphatic heterocycles. The third-order valence-corrected chi connectivity index (χ3v) is 4.45. The minimum atomic E-state index is -0.351. The van der Waals surface area contributed by atoms with Gasteiger partial charge in [0.25, 0.3) is 0 Å². The lowest BCUT2D eigenvalue weighted by molar-refractivity contribution is -0.133. The van der Waals surface area contributed by atoms with Crippen LogP contribution in [0, 0.1) is 0 Å². The molecule has 0 saturated carbocycles. The first-order valence-corrected chi connectivity index (χ1v) is 8.49. The van der Waals surface area contributed by atoms with E-state index in [1.165, 1.54) is 0 Å². The molecule has 0 aliphatic rings. The molecule has 0 unspecified atom stereocenters. The lowest BCUT2D eigenvalue weighted by Crippen LogP contribution is -2.10. The van der Waals surface area contributed by atoms with E-state index in [1.807, 2.05) is 42.5 Å². The van der Waals surface area contributed by atoms with Crippen molar-refractivity contribution in [3.05, 3.63) is 66.4 Å². The number of furan rings is 1. The molecule has 0 bridgehead atoms. The average Bonchev–Trinajstić information content (AvgIpc) is 3.09. The van der Waals surface area contributed by atoms with E-state index in [1.54, 1.807) is 32.6 Å². The number of benzene rings is 3. The Labute approximate surface area is 156 Å². The number of esters is 1. The minimum Gasteiger partial charge on any atom is -0.497 e. The van der Waals surface area contributed by atoms with E-state index in [4.69, 9.17) is 18.6 Å². The SMILES string of the molecule is COc1ccc2ccc(OC(=O)Cc3coc4cc(OC)ccc34)cc2c1. The van der Waals surface area contributed by atoms with Crippen LogP contribution in [0.4, 0.5) is 0 Å². The summed E-state index contributed by atoms with van der Waals surface area (Å²) in [5.74, 6) is 1.61. The number of hydrogen-bond acceptors (Lipinski definition) is 5. The maximum absolute atomic E-state index is 12.4. The molecule has 0 saturated heterocycles. The van der Waals surface area contributed by atoms with Crippen LogP contribution >= 0.6 is 0 Å². The number of rotatable bonds is 5. The monoisotopic (exact) mass is 362 g/mol. The summed E-state index contributed by atoms with van der Waals surface area (Å²) >= 11 is 0. The van der Waals surface area contributed by atoms with Gasteiger partial charge in [-0.05, 0) is 47.2 Å². The standard InChI is InChI=1S/C22H18O5/c1-24-17-5-3-14-4-6-19(10-15(14)9-17)27-22(23)11-16-13-26-21-12-18(25-2)7-8-20(16)21/h3-10,12-13H,11H2,1-2H3. The normalized spacial score (nSPS) is 10.9. The quantitative estimate of drug-likeness (QED) is 0.379. The first-order chi connectivity index (χ1) is 13.2. The maximum atomic E-state index is 12.4. The summed E-state index contributed by atoms with van der Waals surface area (Å²) in [6.45, 7) is 0. The van der Waals surface area contributed by atoms with Crippen molar-refractivity contribution in [1.82, 2.24) is 0 Å². The van der Waals surface area contributed by atoms with Crippen LogP contribution in [0.15, 0.2) is 65.3 Å². The van der Waals surface area contributed by atoms with Gasteiger partial charge in [-0.2, -0.15) is 0 Å². The number of fused-ring (bicyclic) bond motifs is 2. The molecule has 5 nitrogen and oxygen atoms in total. The zero-order valence-corrected chi connectivity index (χ0v) is 15.0. The van der Waals surface area contributed by atoms with Gasteiger partial charge < -0.3 is 18.6 Å². The predicted molar refractivity (Wildman–Crippen MR) is 103 cm³/mol. The number of ether oxygens (including phenoxy) is 3. The Morgan fingerprint density at radius 2 is 1.52 bits per heavy atom. The largest absolute Gasteiger partial charge is 0.497 e. The first-order valence-electron chi connectivity index (χ1n) is 8.49. The van der Waals surface area contributed by atoms with Gasteiger partial charge in [0.2, 0.25) is 0 Å². The van der Waals surface area contributed by atoms with Crippen LogP contribution in [0.2, 0.25) is 0 Å². The van der Waals surface area contributed by atoms with Gasteiger partial charge in [0.1, 0.15) is 22.8 Å². The van der Waals surface area contributed by atoms with Gasteiger partial charge >= 0.3 is 5.97 Å². The molecule has 4 rings (SSSR count). The highest BCUT2D eigenvalue weighted by molar-refractivity contribution is 5.88. The van der Waals surface area contributed by atoms with Crippen molar-refractivity contribution in [1.29, 1.82) is 0 Å².